The molecule has 0 saturated heterocycles. The zero-order valence-corrected chi connectivity index (χ0v) is 14.4. The van der Waals surface area contributed by atoms with Gasteiger partial charge in [-0.2, -0.15) is 0 Å². The summed E-state index contributed by atoms with van der Waals surface area (Å²) in [5.74, 6) is 0.347. The molecule has 2 rings (SSSR count). The molecule has 21 heavy (non-hydrogen) atoms. The number of anilines is 1. The Morgan fingerprint density at radius 2 is 2.14 bits per heavy atom. The highest BCUT2D eigenvalue weighted by molar-refractivity contribution is 9.10. The Hall–Kier alpha value is -1.33. The monoisotopic (exact) mass is 364 g/mol. The Morgan fingerprint density at radius 3 is 2.81 bits per heavy atom. The summed E-state index contributed by atoms with van der Waals surface area (Å²) in [5.41, 5.74) is 3.19. The molecule has 5 heteroatoms. The maximum atomic E-state index is 12.1. The number of benzene rings is 1. The fraction of sp³-hybridized carbons (Fsp3) is 0.250. The van der Waals surface area contributed by atoms with Crippen LogP contribution in [0.5, 0.6) is 0 Å². The van der Waals surface area contributed by atoms with Gasteiger partial charge in [-0.1, -0.05) is 36.9 Å². The van der Waals surface area contributed by atoms with Crippen molar-refractivity contribution in [3.63, 3.8) is 0 Å². The number of halogens is 1. The minimum Gasteiger partial charge on any atom is -0.325 e. The van der Waals surface area contributed by atoms with E-state index in [-0.39, 0.29) is 5.91 Å². The van der Waals surface area contributed by atoms with Gasteiger partial charge in [0.15, 0.2) is 0 Å². The zero-order chi connectivity index (χ0) is 15.2. The molecule has 1 amide bonds. The molecular formula is C16H17BrN2OS. The predicted octanol–water partition coefficient (Wildman–Crippen LogP) is 4.45. The third kappa shape index (κ3) is 4.58. The second kappa shape index (κ2) is 7.61. The zero-order valence-electron chi connectivity index (χ0n) is 12.0. The molecule has 2 aromatic rings. The summed E-state index contributed by atoms with van der Waals surface area (Å²) in [6, 6.07) is 9.89. The number of nitrogens with zero attached hydrogens (tertiary/aromatic N) is 1. The number of aryl methyl sites for hydroxylation is 2. The van der Waals surface area contributed by atoms with Gasteiger partial charge >= 0.3 is 0 Å². The van der Waals surface area contributed by atoms with Crippen molar-refractivity contribution in [1.82, 2.24) is 4.98 Å². The Morgan fingerprint density at radius 1 is 1.33 bits per heavy atom. The molecule has 0 atom stereocenters. The number of hydrogen-bond acceptors (Lipinski definition) is 3. The molecule has 0 saturated carbocycles. The number of pyridine rings is 1. The van der Waals surface area contributed by atoms with Crippen molar-refractivity contribution in [3.8, 4) is 0 Å². The Balaban J connectivity index is 1.97. The van der Waals surface area contributed by atoms with Crippen molar-refractivity contribution in [3.05, 3.63) is 52.1 Å². The first-order valence-corrected chi connectivity index (χ1v) is 8.50. The standard InChI is InChI=1S/C16H17BrN2OS/c1-3-12-6-4-5-11(2)16(12)19-14(20)10-21-15-8-7-13(17)9-18-15/h4-9H,3,10H2,1-2H3,(H,19,20). The van der Waals surface area contributed by atoms with Gasteiger partial charge in [0.25, 0.3) is 0 Å². The van der Waals surface area contributed by atoms with E-state index in [1.54, 1.807) is 6.20 Å². The molecule has 0 spiro atoms. The SMILES string of the molecule is CCc1cccc(C)c1NC(=O)CSc1ccc(Br)cn1. The van der Waals surface area contributed by atoms with Gasteiger partial charge in [0.05, 0.1) is 10.8 Å². The Bertz CT molecular complexity index is 629. The van der Waals surface area contributed by atoms with E-state index in [0.29, 0.717) is 5.75 Å². The van der Waals surface area contributed by atoms with Crippen molar-refractivity contribution >= 4 is 39.3 Å². The number of carbonyl (C=O) groups excluding carboxylic acids is 1. The number of carbonyl (C=O) groups is 1. The van der Waals surface area contributed by atoms with Crippen molar-refractivity contribution in [2.24, 2.45) is 0 Å². The largest absolute Gasteiger partial charge is 0.325 e. The molecule has 0 fully saturated rings. The molecule has 1 aromatic heterocycles. The molecule has 1 heterocycles. The summed E-state index contributed by atoms with van der Waals surface area (Å²) >= 11 is 4.77. The molecule has 0 unspecified atom stereocenters. The second-order valence-corrected chi connectivity index (χ2v) is 6.53. The Labute approximate surface area is 137 Å². The average Bonchev–Trinajstić information content (AvgIpc) is 2.49. The van der Waals surface area contributed by atoms with Crippen molar-refractivity contribution in [2.45, 2.75) is 25.3 Å². The van der Waals surface area contributed by atoms with Crippen LogP contribution in [0.3, 0.4) is 0 Å². The fourth-order valence-electron chi connectivity index (χ4n) is 1.96. The van der Waals surface area contributed by atoms with Crippen LogP contribution in [0.1, 0.15) is 18.1 Å². The van der Waals surface area contributed by atoms with Crippen LogP contribution in [0.2, 0.25) is 0 Å². The Kier molecular flexibility index (Phi) is 5.82. The first-order chi connectivity index (χ1) is 10.1. The van der Waals surface area contributed by atoms with Crippen molar-refractivity contribution < 1.29 is 4.79 Å². The summed E-state index contributed by atoms with van der Waals surface area (Å²) in [7, 11) is 0. The summed E-state index contributed by atoms with van der Waals surface area (Å²) in [6.07, 6.45) is 2.63. The van der Waals surface area contributed by atoms with Gasteiger partial charge in [0.1, 0.15) is 0 Å². The quantitative estimate of drug-likeness (QED) is 0.797. The van der Waals surface area contributed by atoms with Gasteiger partial charge in [0.2, 0.25) is 5.91 Å². The summed E-state index contributed by atoms with van der Waals surface area (Å²) < 4.78 is 0.934. The van der Waals surface area contributed by atoms with Crippen LogP contribution in [0, 0.1) is 6.92 Å². The summed E-state index contributed by atoms with van der Waals surface area (Å²) in [6.45, 7) is 4.10. The number of para-hydroxylation sites is 1. The first kappa shape index (κ1) is 16.0. The lowest BCUT2D eigenvalue weighted by atomic mass is 10.1. The second-order valence-electron chi connectivity index (χ2n) is 4.61. The molecule has 0 aliphatic rings. The van der Waals surface area contributed by atoms with Crippen molar-refractivity contribution in [2.75, 3.05) is 11.1 Å². The van der Waals surface area contributed by atoms with Crippen LogP contribution in [-0.4, -0.2) is 16.6 Å². The highest BCUT2D eigenvalue weighted by atomic mass is 79.9. The van der Waals surface area contributed by atoms with E-state index >= 15 is 0 Å². The maximum Gasteiger partial charge on any atom is 0.234 e. The lowest BCUT2D eigenvalue weighted by Crippen LogP contribution is -2.16. The first-order valence-electron chi connectivity index (χ1n) is 6.73. The molecule has 1 aromatic carbocycles. The number of rotatable bonds is 5. The van der Waals surface area contributed by atoms with E-state index < -0.39 is 0 Å². The van der Waals surface area contributed by atoms with Crippen LogP contribution in [0.4, 0.5) is 5.69 Å². The predicted molar refractivity (Wildman–Crippen MR) is 91.8 cm³/mol. The third-order valence-corrected chi connectivity index (χ3v) is 4.47. The number of hydrogen-bond donors (Lipinski definition) is 1. The minimum absolute atomic E-state index is 0.00582. The molecule has 1 N–H and O–H groups in total. The van der Waals surface area contributed by atoms with Gasteiger partial charge in [-0.25, -0.2) is 4.98 Å². The normalized spacial score (nSPS) is 10.4. The number of amides is 1. The molecule has 0 bridgehead atoms. The highest BCUT2D eigenvalue weighted by Gasteiger charge is 2.09. The van der Waals surface area contributed by atoms with Crippen LogP contribution in [-0.2, 0) is 11.2 Å². The average molecular weight is 365 g/mol. The highest BCUT2D eigenvalue weighted by Crippen LogP contribution is 2.22. The summed E-state index contributed by atoms with van der Waals surface area (Å²) in [4.78, 5) is 16.3. The fourth-order valence-corrected chi connectivity index (χ4v) is 2.84. The van der Waals surface area contributed by atoms with E-state index in [4.69, 9.17) is 0 Å². The topological polar surface area (TPSA) is 42.0 Å². The van der Waals surface area contributed by atoms with E-state index in [0.717, 1.165) is 32.7 Å². The molecule has 110 valence electrons. The minimum atomic E-state index is -0.00582. The lowest BCUT2D eigenvalue weighted by Gasteiger charge is -2.12. The van der Waals surface area contributed by atoms with E-state index in [1.807, 2.05) is 37.3 Å². The van der Waals surface area contributed by atoms with Gasteiger partial charge < -0.3 is 5.32 Å². The van der Waals surface area contributed by atoms with E-state index in [2.05, 4.69) is 33.2 Å². The summed E-state index contributed by atoms with van der Waals surface area (Å²) in [5, 5.41) is 3.86. The number of thioether (sulfide) groups is 1. The molecule has 0 radical (unpaired) electrons. The van der Waals surface area contributed by atoms with Gasteiger partial charge in [-0.05, 0) is 52.5 Å². The number of nitrogens with one attached hydrogen (secondary N) is 1. The van der Waals surface area contributed by atoms with Crippen LogP contribution in [0.15, 0.2) is 46.0 Å². The van der Waals surface area contributed by atoms with Gasteiger partial charge in [-0.15, -0.1) is 0 Å². The van der Waals surface area contributed by atoms with E-state index in [1.165, 1.54) is 11.8 Å². The molecule has 3 nitrogen and oxygen atoms in total. The van der Waals surface area contributed by atoms with Crippen LogP contribution in [0.25, 0.3) is 0 Å². The van der Waals surface area contributed by atoms with Gasteiger partial charge in [0, 0.05) is 16.4 Å². The van der Waals surface area contributed by atoms with Crippen molar-refractivity contribution in [1.29, 1.82) is 0 Å². The smallest absolute Gasteiger partial charge is 0.234 e. The molecular weight excluding hydrogens is 348 g/mol. The molecule has 0 aliphatic carbocycles. The van der Waals surface area contributed by atoms with Gasteiger partial charge in [-0.3, -0.25) is 4.79 Å². The molecule has 0 aliphatic heterocycles. The third-order valence-electron chi connectivity index (χ3n) is 3.06. The van der Waals surface area contributed by atoms with Crippen LogP contribution >= 0.6 is 27.7 Å². The van der Waals surface area contributed by atoms with Crippen LogP contribution < -0.4 is 5.32 Å². The maximum absolute atomic E-state index is 12.1. The number of aromatic nitrogens is 1. The lowest BCUT2D eigenvalue weighted by molar-refractivity contribution is -0.113. The van der Waals surface area contributed by atoms with E-state index in [9.17, 15) is 4.79 Å².